The number of piperidine rings is 1. The second-order valence-corrected chi connectivity index (χ2v) is 6.09. The maximum atomic E-state index is 11.9. The summed E-state index contributed by atoms with van der Waals surface area (Å²) in [6.07, 6.45) is 3.92. The molecule has 5 heteroatoms. The summed E-state index contributed by atoms with van der Waals surface area (Å²) < 4.78 is 5.54. The number of carbonyl (C=O) groups is 1. The lowest BCUT2D eigenvalue weighted by molar-refractivity contribution is -0.00782. The van der Waals surface area contributed by atoms with E-state index in [2.05, 4.69) is 4.90 Å². The molecule has 1 N–H and O–H groups in total. The molecule has 0 atom stereocenters. The Bertz CT molecular complexity index is 386. The van der Waals surface area contributed by atoms with Gasteiger partial charge in [-0.15, -0.1) is 11.3 Å². The van der Waals surface area contributed by atoms with Gasteiger partial charge in [-0.05, 0) is 37.3 Å². The van der Waals surface area contributed by atoms with Gasteiger partial charge in [0.1, 0.15) is 0 Å². The van der Waals surface area contributed by atoms with Crippen LogP contribution in [0.2, 0.25) is 0 Å². The van der Waals surface area contributed by atoms with Gasteiger partial charge < -0.3 is 14.7 Å². The molecule has 1 fully saturated rings. The highest BCUT2D eigenvalue weighted by atomic mass is 32.1. The van der Waals surface area contributed by atoms with Gasteiger partial charge in [-0.3, -0.25) is 4.79 Å². The molecule has 0 radical (unpaired) electrons. The van der Waals surface area contributed by atoms with Crippen LogP contribution in [0.4, 0.5) is 0 Å². The zero-order valence-electron chi connectivity index (χ0n) is 11.8. The van der Waals surface area contributed by atoms with Crippen molar-refractivity contribution < 1.29 is 14.6 Å². The molecule has 2 heterocycles. The van der Waals surface area contributed by atoms with Crippen molar-refractivity contribution in [2.45, 2.75) is 31.8 Å². The van der Waals surface area contributed by atoms with Crippen LogP contribution in [0.25, 0.3) is 0 Å². The average Bonchev–Trinajstić information content (AvgIpc) is 3.00. The Hall–Kier alpha value is -0.750. The fourth-order valence-corrected chi connectivity index (χ4v) is 3.24. The first-order chi connectivity index (χ1) is 9.79. The fourth-order valence-electron chi connectivity index (χ4n) is 2.54. The number of nitrogens with zero attached hydrogens (tertiary/aromatic N) is 1. The number of rotatable bonds is 8. The van der Waals surface area contributed by atoms with Crippen molar-refractivity contribution in [1.29, 1.82) is 0 Å². The minimum Gasteiger partial charge on any atom is -0.394 e. The van der Waals surface area contributed by atoms with E-state index < -0.39 is 0 Å². The zero-order valence-corrected chi connectivity index (χ0v) is 12.6. The van der Waals surface area contributed by atoms with Crippen molar-refractivity contribution in [3.05, 3.63) is 22.4 Å². The first-order valence-corrected chi connectivity index (χ1v) is 8.19. The summed E-state index contributed by atoms with van der Waals surface area (Å²) in [4.78, 5) is 15.1. The van der Waals surface area contributed by atoms with Crippen molar-refractivity contribution in [2.24, 2.45) is 0 Å². The van der Waals surface area contributed by atoms with E-state index >= 15 is 0 Å². The van der Waals surface area contributed by atoms with E-state index in [0.29, 0.717) is 19.1 Å². The van der Waals surface area contributed by atoms with Gasteiger partial charge in [0.05, 0.1) is 24.2 Å². The largest absolute Gasteiger partial charge is 0.394 e. The summed E-state index contributed by atoms with van der Waals surface area (Å²) in [5.74, 6) is 0.265. The minimum atomic E-state index is 0.102. The molecule has 0 unspecified atom stereocenters. The Morgan fingerprint density at radius 3 is 2.90 bits per heavy atom. The standard InChI is InChI=1S/C15H23NO3S/c17-10-11-19-13-5-8-16(9-6-13)7-1-3-14(18)15-4-2-12-20-15/h2,4,12-13,17H,1,3,5-11H2. The van der Waals surface area contributed by atoms with Gasteiger partial charge in [-0.1, -0.05) is 6.07 Å². The van der Waals surface area contributed by atoms with E-state index in [9.17, 15) is 4.79 Å². The fraction of sp³-hybridized carbons (Fsp3) is 0.667. The molecule has 1 aliphatic rings. The number of carbonyl (C=O) groups excluding carboxylic acids is 1. The smallest absolute Gasteiger partial charge is 0.172 e. The molecule has 0 saturated carbocycles. The van der Waals surface area contributed by atoms with Crippen molar-refractivity contribution in [2.75, 3.05) is 32.8 Å². The summed E-state index contributed by atoms with van der Waals surface area (Å²) in [5.41, 5.74) is 0. The quantitative estimate of drug-likeness (QED) is 0.747. The molecular formula is C15H23NO3S. The Kier molecular flexibility index (Phi) is 6.66. The molecule has 1 aromatic rings. The first-order valence-electron chi connectivity index (χ1n) is 7.31. The molecule has 112 valence electrons. The lowest BCUT2D eigenvalue weighted by atomic mass is 10.1. The second kappa shape index (κ2) is 8.52. The van der Waals surface area contributed by atoms with E-state index in [1.807, 2.05) is 17.5 Å². The van der Waals surface area contributed by atoms with Crippen LogP contribution in [-0.2, 0) is 4.74 Å². The van der Waals surface area contributed by atoms with E-state index in [1.54, 1.807) is 0 Å². The maximum absolute atomic E-state index is 11.9. The molecule has 0 bridgehead atoms. The molecule has 0 amide bonds. The topological polar surface area (TPSA) is 49.8 Å². The Labute approximate surface area is 124 Å². The number of ether oxygens (including phenoxy) is 1. The Morgan fingerprint density at radius 1 is 1.45 bits per heavy atom. The van der Waals surface area contributed by atoms with Gasteiger partial charge >= 0.3 is 0 Å². The number of aliphatic hydroxyl groups is 1. The molecule has 1 aliphatic heterocycles. The van der Waals surface area contributed by atoms with Crippen molar-refractivity contribution in [3.8, 4) is 0 Å². The Balaban J connectivity index is 1.58. The molecule has 2 rings (SSSR count). The summed E-state index contributed by atoms with van der Waals surface area (Å²) in [5, 5.41) is 10.7. The molecule has 20 heavy (non-hydrogen) atoms. The number of thiophene rings is 1. The number of hydrogen-bond acceptors (Lipinski definition) is 5. The van der Waals surface area contributed by atoms with Crippen molar-refractivity contribution in [1.82, 2.24) is 4.90 Å². The number of hydrogen-bond donors (Lipinski definition) is 1. The number of ketones is 1. The van der Waals surface area contributed by atoms with Crippen LogP contribution >= 0.6 is 11.3 Å². The lowest BCUT2D eigenvalue weighted by Gasteiger charge is -2.31. The summed E-state index contributed by atoms with van der Waals surface area (Å²) in [7, 11) is 0. The number of likely N-dealkylation sites (tertiary alicyclic amines) is 1. The highest BCUT2D eigenvalue weighted by Crippen LogP contribution is 2.16. The summed E-state index contributed by atoms with van der Waals surface area (Å²) >= 11 is 1.52. The highest BCUT2D eigenvalue weighted by molar-refractivity contribution is 7.12. The summed E-state index contributed by atoms with van der Waals surface area (Å²) in [6.45, 7) is 3.60. The van der Waals surface area contributed by atoms with Crippen LogP contribution < -0.4 is 0 Å². The molecule has 0 aromatic carbocycles. The number of aliphatic hydroxyl groups excluding tert-OH is 1. The average molecular weight is 297 g/mol. The molecule has 0 spiro atoms. The monoisotopic (exact) mass is 297 g/mol. The van der Waals surface area contributed by atoms with Crippen LogP contribution in [0.1, 0.15) is 35.4 Å². The lowest BCUT2D eigenvalue weighted by Crippen LogP contribution is -2.38. The van der Waals surface area contributed by atoms with E-state index in [0.717, 1.165) is 43.8 Å². The third-order valence-electron chi connectivity index (χ3n) is 3.65. The summed E-state index contributed by atoms with van der Waals surface area (Å²) in [6, 6.07) is 3.83. The minimum absolute atomic E-state index is 0.102. The predicted molar refractivity (Wildman–Crippen MR) is 80.4 cm³/mol. The third kappa shape index (κ3) is 4.98. The van der Waals surface area contributed by atoms with E-state index in [-0.39, 0.29) is 12.4 Å². The zero-order chi connectivity index (χ0) is 14.2. The van der Waals surface area contributed by atoms with Crippen molar-refractivity contribution in [3.63, 3.8) is 0 Å². The molecular weight excluding hydrogens is 274 g/mol. The van der Waals surface area contributed by atoms with E-state index in [4.69, 9.17) is 9.84 Å². The van der Waals surface area contributed by atoms with Crippen LogP contribution in [0.5, 0.6) is 0 Å². The van der Waals surface area contributed by atoms with Gasteiger partial charge in [0.15, 0.2) is 5.78 Å². The maximum Gasteiger partial charge on any atom is 0.172 e. The molecule has 1 saturated heterocycles. The molecule has 1 aromatic heterocycles. The van der Waals surface area contributed by atoms with Crippen LogP contribution in [0.3, 0.4) is 0 Å². The SMILES string of the molecule is O=C(CCCN1CCC(OCCO)CC1)c1cccs1. The Morgan fingerprint density at radius 2 is 2.25 bits per heavy atom. The molecule has 0 aliphatic carbocycles. The highest BCUT2D eigenvalue weighted by Gasteiger charge is 2.19. The predicted octanol–water partition coefficient (Wildman–Crippen LogP) is 2.18. The van der Waals surface area contributed by atoms with Gasteiger partial charge in [-0.25, -0.2) is 0 Å². The van der Waals surface area contributed by atoms with Crippen LogP contribution in [-0.4, -0.2) is 54.7 Å². The van der Waals surface area contributed by atoms with Crippen molar-refractivity contribution >= 4 is 17.1 Å². The third-order valence-corrected chi connectivity index (χ3v) is 4.56. The molecule has 4 nitrogen and oxygen atoms in total. The number of Topliss-reactive ketones (excluding diaryl/α,β-unsaturated/α-hetero) is 1. The van der Waals surface area contributed by atoms with Crippen LogP contribution in [0.15, 0.2) is 17.5 Å². The van der Waals surface area contributed by atoms with Crippen LogP contribution in [0, 0.1) is 0 Å². The second-order valence-electron chi connectivity index (χ2n) is 5.14. The first kappa shape index (κ1) is 15.6. The van der Waals surface area contributed by atoms with E-state index in [1.165, 1.54) is 11.3 Å². The normalized spacial score (nSPS) is 17.4. The van der Waals surface area contributed by atoms with Gasteiger partial charge in [0.25, 0.3) is 0 Å². The van der Waals surface area contributed by atoms with Gasteiger partial charge in [0.2, 0.25) is 0 Å². The van der Waals surface area contributed by atoms with Gasteiger partial charge in [0, 0.05) is 19.5 Å². The van der Waals surface area contributed by atoms with Gasteiger partial charge in [-0.2, -0.15) is 0 Å².